The van der Waals surface area contributed by atoms with Crippen LogP contribution in [0.25, 0.3) is 0 Å². The molecule has 0 radical (unpaired) electrons. The molecule has 1 aromatic heterocycles. The number of benzene rings is 1. The van der Waals surface area contributed by atoms with E-state index in [9.17, 15) is 4.79 Å². The first kappa shape index (κ1) is 14.1. The Hall–Kier alpha value is -1.33. The van der Waals surface area contributed by atoms with Gasteiger partial charge in [-0.25, -0.2) is 4.98 Å². The van der Waals surface area contributed by atoms with Crippen LogP contribution in [0.15, 0.2) is 29.6 Å². The summed E-state index contributed by atoms with van der Waals surface area (Å²) in [5.74, 6) is 1.32. The number of amides is 1. The van der Waals surface area contributed by atoms with Crippen molar-refractivity contribution < 1.29 is 4.79 Å². The van der Waals surface area contributed by atoms with E-state index in [2.05, 4.69) is 29.4 Å². The van der Waals surface area contributed by atoms with Gasteiger partial charge in [0.25, 0.3) is 0 Å². The van der Waals surface area contributed by atoms with E-state index in [1.54, 1.807) is 11.8 Å². The second-order valence-corrected chi connectivity index (χ2v) is 6.11. The molecule has 0 saturated heterocycles. The van der Waals surface area contributed by atoms with Crippen molar-refractivity contribution in [2.75, 3.05) is 11.1 Å². The summed E-state index contributed by atoms with van der Waals surface area (Å²) >= 11 is 3.08. The number of hydrogen-bond acceptors (Lipinski definition) is 4. The van der Waals surface area contributed by atoms with Gasteiger partial charge in [-0.2, -0.15) is 0 Å². The molecular weight excluding hydrogens is 276 g/mol. The summed E-state index contributed by atoms with van der Waals surface area (Å²) in [6, 6.07) is 8.25. The summed E-state index contributed by atoms with van der Waals surface area (Å²) in [5, 5.41) is 5.42. The lowest BCUT2D eigenvalue weighted by molar-refractivity contribution is -0.113. The van der Waals surface area contributed by atoms with Gasteiger partial charge in [-0.1, -0.05) is 24.3 Å². The van der Waals surface area contributed by atoms with Gasteiger partial charge < -0.3 is 5.32 Å². The lowest BCUT2D eigenvalue weighted by Crippen LogP contribution is -2.14. The van der Waals surface area contributed by atoms with Crippen LogP contribution in [0.3, 0.4) is 0 Å². The van der Waals surface area contributed by atoms with Gasteiger partial charge in [0.05, 0.1) is 11.4 Å². The lowest BCUT2D eigenvalue weighted by atomic mass is 10.1. The van der Waals surface area contributed by atoms with E-state index in [4.69, 9.17) is 0 Å². The molecule has 0 unspecified atom stereocenters. The number of hydrogen-bond donors (Lipinski definition) is 1. The Labute approximate surface area is 121 Å². The SMILES string of the molecule is Cc1csc(NC(=O)CSCc2ccccc2C)n1. The van der Waals surface area contributed by atoms with Gasteiger partial charge in [0.1, 0.15) is 0 Å². The number of aryl methyl sites for hydroxylation is 2. The molecule has 0 aliphatic rings. The smallest absolute Gasteiger partial charge is 0.236 e. The van der Waals surface area contributed by atoms with Gasteiger partial charge in [-0.3, -0.25) is 4.79 Å². The molecule has 100 valence electrons. The molecule has 2 aromatic rings. The van der Waals surface area contributed by atoms with Crippen LogP contribution in [0.4, 0.5) is 5.13 Å². The highest BCUT2D eigenvalue weighted by atomic mass is 32.2. The number of thioether (sulfide) groups is 1. The molecule has 3 nitrogen and oxygen atoms in total. The molecule has 0 spiro atoms. The number of carbonyl (C=O) groups is 1. The minimum absolute atomic E-state index is 0.00735. The van der Waals surface area contributed by atoms with E-state index < -0.39 is 0 Å². The minimum Gasteiger partial charge on any atom is -0.301 e. The van der Waals surface area contributed by atoms with Crippen LogP contribution in [0.1, 0.15) is 16.8 Å². The molecule has 19 heavy (non-hydrogen) atoms. The number of anilines is 1. The van der Waals surface area contributed by atoms with E-state index in [1.165, 1.54) is 22.5 Å². The predicted octanol–water partition coefficient (Wildman–Crippen LogP) is 3.63. The van der Waals surface area contributed by atoms with Crippen LogP contribution < -0.4 is 5.32 Å². The van der Waals surface area contributed by atoms with E-state index >= 15 is 0 Å². The summed E-state index contributed by atoms with van der Waals surface area (Å²) in [6.45, 7) is 4.01. The molecular formula is C14H16N2OS2. The second kappa shape index (κ2) is 6.73. The number of rotatable bonds is 5. The first-order valence-corrected chi connectivity index (χ1v) is 8.03. The number of nitrogens with zero attached hydrogens (tertiary/aromatic N) is 1. The van der Waals surface area contributed by atoms with E-state index in [1.807, 2.05) is 24.4 Å². The quantitative estimate of drug-likeness (QED) is 0.915. The maximum atomic E-state index is 11.7. The fourth-order valence-corrected chi connectivity index (χ4v) is 3.20. The third kappa shape index (κ3) is 4.36. The Bertz CT molecular complexity index is 566. The number of aromatic nitrogens is 1. The molecule has 0 atom stereocenters. The number of carbonyl (C=O) groups excluding carboxylic acids is 1. The molecule has 0 bridgehead atoms. The summed E-state index contributed by atoms with van der Waals surface area (Å²) in [5.41, 5.74) is 3.49. The van der Waals surface area contributed by atoms with E-state index in [0.29, 0.717) is 10.9 Å². The Morgan fingerprint density at radius 1 is 1.37 bits per heavy atom. The highest BCUT2D eigenvalue weighted by molar-refractivity contribution is 7.99. The van der Waals surface area contributed by atoms with Crippen molar-refractivity contribution in [3.8, 4) is 0 Å². The largest absolute Gasteiger partial charge is 0.301 e. The van der Waals surface area contributed by atoms with Gasteiger partial charge in [0, 0.05) is 11.1 Å². The van der Waals surface area contributed by atoms with Crippen LogP contribution in [0.2, 0.25) is 0 Å². The van der Waals surface area contributed by atoms with Gasteiger partial charge in [-0.15, -0.1) is 23.1 Å². The topological polar surface area (TPSA) is 42.0 Å². The summed E-state index contributed by atoms with van der Waals surface area (Å²) in [4.78, 5) is 15.9. The fraction of sp³-hybridized carbons (Fsp3) is 0.286. The van der Waals surface area contributed by atoms with Crippen molar-refractivity contribution >= 4 is 34.1 Å². The normalized spacial score (nSPS) is 10.4. The Morgan fingerprint density at radius 3 is 2.84 bits per heavy atom. The Morgan fingerprint density at radius 2 is 2.16 bits per heavy atom. The third-order valence-corrected chi connectivity index (χ3v) is 4.47. The summed E-state index contributed by atoms with van der Waals surface area (Å²) < 4.78 is 0. The number of thiazole rings is 1. The highest BCUT2D eigenvalue weighted by Gasteiger charge is 2.06. The van der Waals surface area contributed by atoms with E-state index in [0.717, 1.165) is 11.4 Å². The first-order valence-electron chi connectivity index (χ1n) is 5.99. The monoisotopic (exact) mass is 292 g/mol. The molecule has 1 amide bonds. The standard InChI is InChI=1S/C14H16N2OS2/c1-10-5-3-4-6-12(10)8-18-9-13(17)16-14-15-11(2)7-19-14/h3-7H,8-9H2,1-2H3,(H,15,16,17). The maximum absolute atomic E-state index is 11.7. The Balaban J connectivity index is 1.77. The molecule has 1 N–H and O–H groups in total. The Kier molecular flexibility index (Phi) is 4.99. The first-order chi connectivity index (χ1) is 9.15. The molecule has 0 aliphatic carbocycles. The maximum Gasteiger partial charge on any atom is 0.236 e. The van der Waals surface area contributed by atoms with Crippen LogP contribution in [-0.4, -0.2) is 16.6 Å². The molecule has 1 aromatic carbocycles. The second-order valence-electron chi connectivity index (χ2n) is 4.26. The van der Waals surface area contributed by atoms with Crippen molar-refractivity contribution in [2.24, 2.45) is 0 Å². The molecule has 0 fully saturated rings. The van der Waals surface area contributed by atoms with Gasteiger partial charge >= 0.3 is 0 Å². The predicted molar refractivity (Wildman–Crippen MR) is 82.8 cm³/mol. The summed E-state index contributed by atoms with van der Waals surface area (Å²) in [6.07, 6.45) is 0. The van der Waals surface area contributed by atoms with Crippen molar-refractivity contribution in [3.63, 3.8) is 0 Å². The molecule has 1 heterocycles. The minimum atomic E-state index is 0.00735. The van der Waals surface area contributed by atoms with Crippen LogP contribution >= 0.6 is 23.1 Å². The molecule has 5 heteroatoms. The van der Waals surface area contributed by atoms with Crippen LogP contribution in [0.5, 0.6) is 0 Å². The lowest BCUT2D eigenvalue weighted by Gasteiger charge is -2.05. The van der Waals surface area contributed by atoms with Gasteiger partial charge in [0.15, 0.2) is 5.13 Å². The third-order valence-electron chi connectivity index (χ3n) is 2.62. The highest BCUT2D eigenvalue weighted by Crippen LogP contribution is 2.17. The van der Waals surface area contributed by atoms with Crippen LogP contribution in [0, 0.1) is 13.8 Å². The van der Waals surface area contributed by atoms with Crippen molar-refractivity contribution in [1.82, 2.24) is 4.98 Å². The molecule has 2 rings (SSSR count). The van der Waals surface area contributed by atoms with E-state index in [-0.39, 0.29) is 5.91 Å². The molecule has 0 saturated carbocycles. The van der Waals surface area contributed by atoms with Gasteiger partial charge in [0.2, 0.25) is 5.91 Å². The summed E-state index contributed by atoms with van der Waals surface area (Å²) in [7, 11) is 0. The van der Waals surface area contributed by atoms with Gasteiger partial charge in [-0.05, 0) is 25.0 Å². The van der Waals surface area contributed by atoms with Crippen LogP contribution in [-0.2, 0) is 10.5 Å². The average Bonchev–Trinajstić information content (AvgIpc) is 2.77. The molecule has 0 aliphatic heterocycles. The van der Waals surface area contributed by atoms with Crippen molar-refractivity contribution in [1.29, 1.82) is 0 Å². The zero-order valence-corrected chi connectivity index (χ0v) is 12.6. The van der Waals surface area contributed by atoms with Crippen molar-refractivity contribution in [2.45, 2.75) is 19.6 Å². The number of nitrogens with one attached hydrogen (secondary N) is 1. The van der Waals surface area contributed by atoms with Crippen molar-refractivity contribution in [3.05, 3.63) is 46.5 Å². The zero-order valence-electron chi connectivity index (χ0n) is 11.0. The zero-order chi connectivity index (χ0) is 13.7. The average molecular weight is 292 g/mol. The fourth-order valence-electron chi connectivity index (χ4n) is 1.59.